The minimum Gasteiger partial charge on any atom is -0.411 e. The molecule has 0 aliphatic rings. The molecule has 2 rings (SSSR count). The van der Waals surface area contributed by atoms with Gasteiger partial charge in [-0.05, 0) is 29.8 Å². The topological polar surface area (TPSA) is 59.0 Å². The predicted molar refractivity (Wildman–Crippen MR) is 61.4 cm³/mol. The zero-order valence-electron chi connectivity index (χ0n) is 8.85. The van der Waals surface area contributed by atoms with Crippen molar-refractivity contribution in [2.75, 3.05) is 0 Å². The van der Waals surface area contributed by atoms with Gasteiger partial charge in [0.05, 0.1) is 11.6 Å². The average molecular weight is 228 g/mol. The minimum absolute atomic E-state index is 0.264. The molecule has 3 nitrogen and oxygen atoms in total. The van der Waals surface area contributed by atoms with Crippen molar-refractivity contribution in [3.8, 4) is 22.9 Å². The molecule has 0 aromatic heterocycles. The number of hydrogen-bond donors (Lipinski definition) is 1. The fourth-order valence-electron chi connectivity index (χ4n) is 1.53. The molecule has 0 heterocycles. The molecule has 0 radical (unpaired) electrons. The molecule has 0 atom stereocenters. The van der Waals surface area contributed by atoms with Crippen molar-refractivity contribution in [1.29, 1.82) is 5.26 Å². The van der Waals surface area contributed by atoms with Crippen LogP contribution in [0.5, 0.6) is 5.75 Å². The molecule has 2 N–H and O–H groups in total. The van der Waals surface area contributed by atoms with E-state index >= 15 is 0 Å². The maximum atomic E-state index is 13.7. The van der Waals surface area contributed by atoms with Crippen LogP contribution in [-0.4, -0.2) is 0 Å². The van der Waals surface area contributed by atoms with Crippen LogP contribution in [0.4, 0.5) is 4.39 Å². The molecule has 0 saturated heterocycles. The van der Waals surface area contributed by atoms with Crippen LogP contribution in [0.1, 0.15) is 5.56 Å². The summed E-state index contributed by atoms with van der Waals surface area (Å²) in [6, 6.07) is 13.1. The maximum absolute atomic E-state index is 13.7. The van der Waals surface area contributed by atoms with E-state index in [1.165, 1.54) is 6.07 Å². The van der Waals surface area contributed by atoms with E-state index < -0.39 is 5.82 Å². The summed E-state index contributed by atoms with van der Waals surface area (Å²) in [5, 5.41) is 8.67. The quantitative estimate of drug-likeness (QED) is 0.804. The summed E-state index contributed by atoms with van der Waals surface area (Å²) < 4.78 is 13.7. The highest BCUT2D eigenvalue weighted by Gasteiger charge is 2.06. The molecule has 2 aromatic carbocycles. The lowest BCUT2D eigenvalue weighted by Gasteiger charge is -2.05. The first-order valence-corrected chi connectivity index (χ1v) is 4.91. The smallest absolute Gasteiger partial charge is 0.149 e. The lowest BCUT2D eigenvalue weighted by atomic mass is 10.0. The van der Waals surface area contributed by atoms with Gasteiger partial charge < -0.3 is 4.84 Å². The van der Waals surface area contributed by atoms with Crippen LogP contribution in [0.2, 0.25) is 0 Å². The summed E-state index contributed by atoms with van der Waals surface area (Å²) in [4.78, 5) is 4.44. The van der Waals surface area contributed by atoms with Crippen LogP contribution in [0.25, 0.3) is 11.1 Å². The van der Waals surface area contributed by atoms with Gasteiger partial charge >= 0.3 is 0 Å². The van der Waals surface area contributed by atoms with Gasteiger partial charge in [-0.2, -0.15) is 11.2 Å². The van der Waals surface area contributed by atoms with Crippen molar-refractivity contribution in [2.24, 2.45) is 5.90 Å². The molecular weight excluding hydrogens is 219 g/mol. The molecule has 84 valence electrons. The average Bonchev–Trinajstić information content (AvgIpc) is 2.39. The van der Waals surface area contributed by atoms with E-state index in [1.54, 1.807) is 36.4 Å². The molecule has 17 heavy (non-hydrogen) atoms. The van der Waals surface area contributed by atoms with Crippen LogP contribution < -0.4 is 10.7 Å². The third-order valence-corrected chi connectivity index (χ3v) is 2.40. The molecule has 0 amide bonds. The number of benzene rings is 2. The van der Waals surface area contributed by atoms with Crippen LogP contribution in [0.15, 0.2) is 42.5 Å². The number of nitrogens with zero attached hydrogens (tertiary/aromatic N) is 1. The summed E-state index contributed by atoms with van der Waals surface area (Å²) >= 11 is 0. The Kier molecular flexibility index (Phi) is 3.03. The molecular formula is C13H9FN2O. The second-order valence-electron chi connectivity index (χ2n) is 3.45. The van der Waals surface area contributed by atoms with Crippen molar-refractivity contribution in [3.63, 3.8) is 0 Å². The van der Waals surface area contributed by atoms with Gasteiger partial charge in [-0.1, -0.05) is 12.1 Å². The van der Waals surface area contributed by atoms with Crippen molar-refractivity contribution >= 4 is 0 Å². The maximum Gasteiger partial charge on any atom is 0.149 e. The molecule has 0 spiro atoms. The van der Waals surface area contributed by atoms with E-state index in [2.05, 4.69) is 4.84 Å². The third-order valence-electron chi connectivity index (χ3n) is 2.40. The van der Waals surface area contributed by atoms with Crippen molar-refractivity contribution < 1.29 is 9.23 Å². The Labute approximate surface area is 97.8 Å². The van der Waals surface area contributed by atoms with E-state index in [0.717, 1.165) is 0 Å². The lowest BCUT2D eigenvalue weighted by molar-refractivity contribution is 0.332. The molecule has 0 aliphatic heterocycles. The highest BCUT2D eigenvalue weighted by molar-refractivity contribution is 5.65. The SMILES string of the molecule is N#Cc1ccc(-c2ccc(ON)cc2F)cc1. The number of nitrogens with two attached hydrogens (primary N) is 1. The molecule has 4 heteroatoms. The van der Waals surface area contributed by atoms with Crippen molar-refractivity contribution in [1.82, 2.24) is 0 Å². The van der Waals surface area contributed by atoms with E-state index in [9.17, 15) is 4.39 Å². The van der Waals surface area contributed by atoms with Gasteiger partial charge in [0.1, 0.15) is 11.6 Å². The molecule has 0 saturated carbocycles. The van der Waals surface area contributed by atoms with E-state index in [1.807, 2.05) is 6.07 Å². The summed E-state index contributed by atoms with van der Waals surface area (Å²) in [5.41, 5.74) is 1.68. The summed E-state index contributed by atoms with van der Waals surface area (Å²) in [5.74, 6) is 4.79. The van der Waals surface area contributed by atoms with Gasteiger partial charge in [0.2, 0.25) is 0 Å². The van der Waals surface area contributed by atoms with Crippen LogP contribution in [0.3, 0.4) is 0 Å². The van der Waals surface area contributed by atoms with E-state index in [0.29, 0.717) is 16.7 Å². The number of rotatable bonds is 2. The Hall–Kier alpha value is -2.38. The van der Waals surface area contributed by atoms with Gasteiger partial charge in [-0.25, -0.2) is 4.39 Å². The molecule has 0 fully saturated rings. The predicted octanol–water partition coefficient (Wildman–Crippen LogP) is 2.62. The van der Waals surface area contributed by atoms with Crippen LogP contribution >= 0.6 is 0 Å². The van der Waals surface area contributed by atoms with Crippen molar-refractivity contribution in [2.45, 2.75) is 0 Å². The van der Waals surface area contributed by atoms with Crippen LogP contribution in [0, 0.1) is 17.1 Å². The number of halogens is 1. The zero-order valence-corrected chi connectivity index (χ0v) is 8.85. The highest BCUT2D eigenvalue weighted by atomic mass is 19.1. The van der Waals surface area contributed by atoms with Gasteiger partial charge in [0, 0.05) is 11.6 Å². The van der Waals surface area contributed by atoms with Gasteiger partial charge in [-0.15, -0.1) is 0 Å². The first-order chi connectivity index (χ1) is 8.24. The number of hydrogen-bond acceptors (Lipinski definition) is 3. The van der Waals surface area contributed by atoms with Gasteiger partial charge in [0.15, 0.2) is 0 Å². The van der Waals surface area contributed by atoms with E-state index in [4.69, 9.17) is 11.2 Å². The molecule has 0 unspecified atom stereocenters. The third kappa shape index (κ3) is 2.25. The van der Waals surface area contributed by atoms with Gasteiger partial charge in [-0.3, -0.25) is 0 Å². The zero-order chi connectivity index (χ0) is 12.3. The molecule has 2 aromatic rings. The lowest BCUT2D eigenvalue weighted by Crippen LogP contribution is -2.02. The molecule has 0 aliphatic carbocycles. The summed E-state index contributed by atoms with van der Waals surface area (Å²) in [7, 11) is 0. The Morgan fingerprint density at radius 2 is 1.82 bits per heavy atom. The first kappa shape index (κ1) is 11.1. The largest absolute Gasteiger partial charge is 0.411 e. The monoisotopic (exact) mass is 228 g/mol. The highest BCUT2D eigenvalue weighted by Crippen LogP contribution is 2.26. The first-order valence-electron chi connectivity index (χ1n) is 4.91. The Balaban J connectivity index is 2.42. The standard InChI is InChI=1S/C13H9FN2O/c14-13-7-11(17-16)5-6-12(13)10-3-1-9(8-15)2-4-10/h1-7H,16H2. The minimum atomic E-state index is -0.419. The fourth-order valence-corrected chi connectivity index (χ4v) is 1.53. The number of nitriles is 1. The summed E-state index contributed by atoms with van der Waals surface area (Å²) in [6.07, 6.45) is 0. The van der Waals surface area contributed by atoms with E-state index in [-0.39, 0.29) is 5.75 Å². The Morgan fingerprint density at radius 1 is 1.12 bits per heavy atom. The van der Waals surface area contributed by atoms with Crippen molar-refractivity contribution in [3.05, 3.63) is 53.8 Å². The Morgan fingerprint density at radius 3 is 2.35 bits per heavy atom. The van der Waals surface area contributed by atoms with Gasteiger partial charge in [0.25, 0.3) is 0 Å². The second kappa shape index (κ2) is 4.64. The normalized spacial score (nSPS) is 9.71. The van der Waals surface area contributed by atoms with Crippen LogP contribution in [-0.2, 0) is 0 Å². The second-order valence-corrected chi connectivity index (χ2v) is 3.45. The summed E-state index contributed by atoms with van der Waals surface area (Å²) in [6.45, 7) is 0. The fraction of sp³-hybridized carbons (Fsp3) is 0. The molecule has 0 bridgehead atoms. The Bertz CT molecular complexity index is 573.